The zero-order valence-corrected chi connectivity index (χ0v) is 13.3. The van der Waals surface area contributed by atoms with E-state index in [1.165, 1.54) is 22.3 Å². The fourth-order valence-electron chi connectivity index (χ4n) is 3.64. The molecule has 0 saturated heterocycles. The molecule has 1 aromatic heterocycles. The summed E-state index contributed by atoms with van der Waals surface area (Å²) in [6.45, 7) is 4.46. The summed E-state index contributed by atoms with van der Waals surface area (Å²) in [7, 11) is 0. The summed E-state index contributed by atoms with van der Waals surface area (Å²) in [6, 6.07) is 17.1. The van der Waals surface area contributed by atoms with Gasteiger partial charge in [-0.05, 0) is 28.2 Å². The lowest BCUT2D eigenvalue weighted by molar-refractivity contribution is 0.434. The van der Waals surface area contributed by atoms with Crippen LogP contribution in [0.3, 0.4) is 0 Å². The van der Waals surface area contributed by atoms with E-state index in [1.807, 2.05) is 0 Å². The molecule has 23 heavy (non-hydrogen) atoms. The second kappa shape index (κ2) is 5.20. The SMILES string of the molecule is CC(C)C1(c2nc[nH]n2)C=Cc2ccccc2-c2ccccc21. The Labute approximate surface area is 136 Å². The maximum atomic E-state index is 4.52. The second-order valence-electron chi connectivity index (χ2n) is 6.31. The zero-order valence-electron chi connectivity index (χ0n) is 13.3. The number of H-pyrrole nitrogens is 1. The molecule has 2 aromatic carbocycles. The van der Waals surface area contributed by atoms with Gasteiger partial charge in [-0.25, -0.2) is 4.98 Å². The molecule has 0 aliphatic heterocycles. The summed E-state index contributed by atoms with van der Waals surface area (Å²) < 4.78 is 0. The molecule has 4 rings (SSSR count). The normalized spacial score (nSPS) is 19.3. The molecule has 0 radical (unpaired) electrons. The van der Waals surface area contributed by atoms with E-state index < -0.39 is 0 Å². The van der Waals surface area contributed by atoms with Crippen molar-refractivity contribution in [2.75, 3.05) is 0 Å². The molecule has 0 fully saturated rings. The van der Waals surface area contributed by atoms with E-state index in [-0.39, 0.29) is 5.41 Å². The Bertz CT molecular complexity index is 862. The van der Waals surface area contributed by atoms with Crippen LogP contribution in [0.25, 0.3) is 17.2 Å². The Morgan fingerprint density at radius 3 is 2.43 bits per heavy atom. The highest BCUT2D eigenvalue weighted by molar-refractivity contribution is 5.82. The van der Waals surface area contributed by atoms with Crippen molar-refractivity contribution in [2.24, 2.45) is 5.92 Å². The number of fused-ring (bicyclic) bond motifs is 3. The van der Waals surface area contributed by atoms with Crippen LogP contribution >= 0.6 is 0 Å². The molecule has 1 atom stereocenters. The number of nitrogens with one attached hydrogen (secondary N) is 1. The van der Waals surface area contributed by atoms with Gasteiger partial charge in [-0.2, -0.15) is 5.10 Å². The van der Waals surface area contributed by atoms with E-state index >= 15 is 0 Å². The Morgan fingerprint density at radius 2 is 1.70 bits per heavy atom. The maximum absolute atomic E-state index is 4.52. The lowest BCUT2D eigenvalue weighted by Gasteiger charge is -2.33. The largest absolute Gasteiger partial charge is 0.266 e. The van der Waals surface area contributed by atoms with E-state index in [4.69, 9.17) is 0 Å². The third kappa shape index (κ3) is 1.96. The highest BCUT2D eigenvalue weighted by Gasteiger charge is 2.41. The Balaban J connectivity index is 2.11. The standard InChI is InChI=1S/C20H19N3/c1-14(2)20(19-21-13-22-23-19)12-11-15-7-3-4-8-16(15)17-9-5-6-10-18(17)20/h3-14H,1-2H3,(H,21,22,23). The van der Waals surface area contributed by atoms with Crippen LogP contribution < -0.4 is 0 Å². The lowest BCUT2D eigenvalue weighted by atomic mass is 9.69. The van der Waals surface area contributed by atoms with Gasteiger partial charge in [-0.15, -0.1) is 0 Å². The summed E-state index contributed by atoms with van der Waals surface area (Å²) >= 11 is 0. The van der Waals surface area contributed by atoms with Crippen molar-refractivity contribution in [3.8, 4) is 11.1 Å². The third-order valence-electron chi connectivity index (χ3n) is 4.85. The number of hydrogen-bond donors (Lipinski definition) is 1. The summed E-state index contributed by atoms with van der Waals surface area (Å²) in [5, 5.41) is 7.33. The van der Waals surface area contributed by atoms with Gasteiger partial charge in [0.1, 0.15) is 6.33 Å². The Morgan fingerprint density at radius 1 is 0.957 bits per heavy atom. The topological polar surface area (TPSA) is 41.6 Å². The number of aromatic amines is 1. The van der Waals surface area contributed by atoms with Crippen molar-refractivity contribution < 1.29 is 0 Å². The van der Waals surface area contributed by atoms with Crippen LogP contribution in [0.15, 0.2) is 60.9 Å². The molecule has 114 valence electrons. The van der Waals surface area contributed by atoms with Crippen molar-refractivity contribution in [2.45, 2.75) is 19.3 Å². The second-order valence-corrected chi connectivity index (χ2v) is 6.31. The van der Waals surface area contributed by atoms with Gasteiger partial charge >= 0.3 is 0 Å². The summed E-state index contributed by atoms with van der Waals surface area (Å²) in [5.74, 6) is 1.15. The van der Waals surface area contributed by atoms with Crippen LogP contribution in [0.1, 0.15) is 30.8 Å². The van der Waals surface area contributed by atoms with Gasteiger partial charge in [0, 0.05) is 0 Å². The molecule has 1 aliphatic rings. The first-order chi connectivity index (χ1) is 11.2. The molecule has 0 saturated carbocycles. The van der Waals surface area contributed by atoms with Crippen molar-refractivity contribution in [3.05, 3.63) is 77.9 Å². The van der Waals surface area contributed by atoms with E-state index in [2.05, 4.69) is 89.7 Å². The zero-order chi connectivity index (χ0) is 15.9. The van der Waals surface area contributed by atoms with Gasteiger partial charge in [0.05, 0.1) is 5.41 Å². The molecule has 0 amide bonds. The smallest absolute Gasteiger partial charge is 0.164 e. The molecule has 3 aromatic rings. The van der Waals surface area contributed by atoms with Crippen LogP contribution in [0.5, 0.6) is 0 Å². The molecule has 0 bridgehead atoms. The Kier molecular flexibility index (Phi) is 3.15. The molecule has 3 heteroatoms. The monoisotopic (exact) mass is 301 g/mol. The Hall–Kier alpha value is -2.68. The summed E-state index contributed by atoms with van der Waals surface area (Å²) in [5.41, 5.74) is 4.67. The van der Waals surface area contributed by atoms with Crippen LogP contribution in [0.4, 0.5) is 0 Å². The van der Waals surface area contributed by atoms with Gasteiger partial charge in [0.25, 0.3) is 0 Å². The van der Waals surface area contributed by atoms with E-state index in [0.29, 0.717) is 5.92 Å². The van der Waals surface area contributed by atoms with Crippen LogP contribution in [-0.4, -0.2) is 15.2 Å². The van der Waals surface area contributed by atoms with Gasteiger partial charge in [-0.3, -0.25) is 5.10 Å². The fraction of sp³-hybridized carbons (Fsp3) is 0.200. The van der Waals surface area contributed by atoms with Crippen LogP contribution in [-0.2, 0) is 5.41 Å². The highest BCUT2D eigenvalue weighted by Crippen LogP contribution is 2.46. The van der Waals surface area contributed by atoms with E-state index in [1.54, 1.807) is 6.33 Å². The predicted octanol–water partition coefficient (Wildman–Crippen LogP) is 4.44. The quantitative estimate of drug-likeness (QED) is 0.760. The minimum atomic E-state index is -0.338. The first-order valence-corrected chi connectivity index (χ1v) is 7.98. The molecule has 1 aliphatic carbocycles. The third-order valence-corrected chi connectivity index (χ3v) is 4.85. The highest BCUT2D eigenvalue weighted by atomic mass is 15.2. The minimum absolute atomic E-state index is 0.324. The van der Waals surface area contributed by atoms with Gasteiger partial charge < -0.3 is 0 Å². The van der Waals surface area contributed by atoms with Gasteiger partial charge in [-0.1, -0.05) is 74.5 Å². The lowest BCUT2D eigenvalue weighted by Crippen LogP contribution is -2.33. The van der Waals surface area contributed by atoms with Crippen molar-refractivity contribution in [1.29, 1.82) is 0 Å². The average molecular weight is 301 g/mol. The molecular formula is C20H19N3. The van der Waals surface area contributed by atoms with Gasteiger partial charge in [0.15, 0.2) is 5.82 Å². The first-order valence-electron chi connectivity index (χ1n) is 7.98. The summed E-state index contributed by atoms with van der Waals surface area (Å²) in [4.78, 5) is 4.52. The van der Waals surface area contributed by atoms with Crippen molar-refractivity contribution >= 4 is 6.08 Å². The van der Waals surface area contributed by atoms with E-state index in [0.717, 1.165) is 5.82 Å². The maximum Gasteiger partial charge on any atom is 0.164 e. The number of benzene rings is 2. The number of aromatic nitrogens is 3. The number of rotatable bonds is 2. The molecule has 1 unspecified atom stereocenters. The molecule has 0 spiro atoms. The minimum Gasteiger partial charge on any atom is -0.266 e. The summed E-state index contributed by atoms with van der Waals surface area (Å²) in [6.07, 6.45) is 6.14. The average Bonchev–Trinajstić information content (AvgIpc) is 3.06. The van der Waals surface area contributed by atoms with Crippen LogP contribution in [0, 0.1) is 5.92 Å². The molecule has 1 heterocycles. The molecule has 1 N–H and O–H groups in total. The first kappa shape index (κ1) is 13.9. The predicted molar refractivity (Wildman–Crippen MR) is 92.9 cm³/mol. The number of nitrogens with zero attached hydrogens (tertiary/aromatic N) is 2. The van der Waals surface area contributed by atoms with Crippen LogP contribution in [0.2, 0.25) is 0 Å². The number of hydrogen-bond acceptors (Lipinski definition) is 2. The van der Waals surface area contributed by atoms with Gasteiger partial charge in [0.2, 0.25) is 0 Å². The molecule has 3 nitrogen and oxygen atoms in total. The van der Waals surface area contributed by atoms with Crippen molar-refractivity contribution in [1.82, 2.24) is 15.2 Å². The molecular weight excluding hydrogens is 282 g/mol. The fourth-order valence-corrected chi connectivity index (χ4v) is 3.64. The van der Waals surface area contributed by atoms with E-state index in [9.17, 15) is 0 Å². The number of allylic oxidation sites excluding steroid dienone is 1. The van der Waals surface area contributed by atoms with Crippen molar-refractivity contribution in [3.63, 3.8) is 0 Å².